The molecule has 0 unspecified atom stereocenters. The van der Waals surface area contributed by atoms with Crippen molar-refractivity contribution in [3.63, 3.8) is 0 Å². The summed E-state index contributed by atoms with van der Waals surface area (Å²) in [4.78, 5) is 20.0. The van der Waals surface area contributed by atoms with Crippen LogP contribution in [0.3, 0.4) is 0 Å². The van der Waals surface area contributed by atoms with Crippen molar-refractivity contribution in [3.05, 3.63) is 89.6 Å². The molecule has 2 heterocycles. The second kappa shape index (κ2) is 6.68. The zero-order chi connectivity index (χ0) is 19.0. The van der Waals surface area contributed by atoms with Crippen LogP contribution in [0.2, 0.25) is 0 Å². The van der Waals surface area contributed by atoms with Gasteiger partial charge in [-0.25, -0.2) is 13.8 Å². The van der Waals surface area contributed by atoms with E-state index in [1.807, 2.05) is 7.05 Å². The average Bonchev–Trinajstić information content (AvgIpc) is 3.28. The molecule has 0 aliphatic heterocycles. The zero-order valence-electron chi connectivity index (χ0n) is 14.4. The maximum atomic E-state index is 13.9. The number of aryl methyl sites for hydroxylation is 1. The van der Waals surface area contributed by atoms with Crippen LogP contribution in [0.4, 0.5) is 8.78 Å². The molecule has 4 rings (SSSR count). The maximum Gasteiger partial charge on any atom is 0.268 e. The number of amides is 1. The third kappa shape index (κ3) is 3.19. The Balaban J connectivity index is 1.70. The van der Waals surface area contributed by atoms with E-state index in [0.29, 0.717) is 22.3 Å². The van der Waals surface area contributed by atoms with E-state index < -0.39 is 17.8 Å². The van der Waals surface area contributed by atoms with Crippen molar-refractivity contribution < 1.29 is 13.6 Å². The molecule has 0 radical (unpaired) electrons. The van der Waals surface area contributed by atoms with Gasteiger partial charge in [0, 0.05) is 30.3 Å². The fourth-order valence-electron chi connectivity index (χ4n) is 3.06. The van der Waals surface area contributed by atoms with Gasteiger partial charge in [0.25, 0.3) is 5.91 Å². The lowest BCUT2D eigenvalue weighted by Crippen LogP contribution is -2.31. The van der Waals surface area contributed by atoms with Crippen LogP contribution in [0.1, 0.15) is 27.9 Å². The first-order valence-corrected chi connectivity index (χ1v) is 8.34. The summed E-state index contributed by atoms with van der Waals surface area (Å²) in [7, 11) is 1.81. The van der Waals surface area contributed by atoms with Crippen LogP contribution in [-0.4, -0.2) is 20.4 Å². The largest absolute Gasteiger partial charge is 0.350 e. The molecule has 1 atom stereocenters. The number of halogens is 2. The topological polar surface area (TPSA) is 62.7 Å². The van der Waals surface area contributed by atoms with Gasteiger partial charge in [-0.2, -0.15) is 0 Å². The molecule has 0 aliphatic carbocycles. The normalized spacial score (nSPS) is 12.3. The number of carbonyl (C=O) groups is 1. The average molecular weight is 366 g/mol. The molecule has 2 aromatic heterocycles. The standard InChI is InChI=1S/C20H16F2N4O/c1-26-10-9-23-19(26)18(12-5-7-13(21)8-6-12)25-20(27)17-11-14-15(22)3-2-4-16(14)24-17/h2-11,18,24H,1H3,(H,25,27)/t18-/m0/s1. The molecule has 0 aliphatic rings. The van der Waals surface area contributed by atoms with Gasteiger partial charge in [-0.05, 0) is 35.9 Å². The predicted molar refractivity (Wildman–Crippen MR) is 97.2 cm³/mol. The molecule has 0 fully saturated rings. The van der Waals surface area contributed by atoms with Gasteiger partial charge in [-0.1, -0.05) is 18.2 Å². The molecular formula is C20H16F2N4O. The van der Waals surface area contributed by atoms with Gasteiger partial charge in [-0.3, -0.25) is 4.79 Å². The number of imidazole rings is 1. The number of fused-ring (bicyclic) bond motifs is 1. The number of aromatic amines is 1. The Labute approximate surface area is 153 Å². The van der Waals surface area contributed by atoms with Crippen molar-refractivity contribution in [2.75, 3.05) is 0 Å². The Hall–Kier alpha value is -3.48. The van der Waals surface area contributed by atoms with Gasteiger partial charge in [-0.15, -0.1) is 0 Å². The molecular weight excluding hydrogens is 350 g/mol. The highest BCUT2D eigenvalue weighted by Crippen LogP contribution is 2.23. The lowest BCUT2D eigenvalue weighted by atomic mass is 10.1. The minimum absolute atomic E-state index is 0.233. The smallest absolute Gasteiger partial charge is 0.268 e. The molecule has 4 aromatic rings. The Morgan fingerprint density at radius 3 is 2.63 bits per heavy atom. The van der Waals surface area contributed by atoms with Gasteiger partial charge in [0.2, 0.25) is 0 Å². The van der Waals surface area contributed by atoms with Gasteiger partial charge in [0.15, 0.2) is 0 Å². The summed E-state index contributed by atoms with van der Waals surface area (Å²) in [6, 6.07) is 11.4. The molecule has 0 saturated heterocycles. The van der Waals surface area contributed by atoms with Gasteiger partial charge < -0.3 is 14.9 Å². The summed E-state index contributed by atoms with van der Waals surface area (Å²) in [6.07, 6.45) is 3.38. The van der Waals surface area contributed by atoms with E-state index in [9.17, 15) is 13.6 Å². The van der Waals surface area contributed by atoms with Crippen molar-refractivity contribution in [2.24, 2.45) is 7.05 Å². The lowest BCUT2D eigenvalue weighted by Gasteiger charge is -2.19. The summed E-state index contributed by atoms with van der Waals surface area (Å²) < 4.78 is 29.0. The Morgan fingerprint density at radius 1 is 1.19 bits per heavy atom. The van der Waals surface area contributed by atoms with Crippen LogP contribution in [0.15, 0.2) is 60.9 Å². The summed E-state index contributed by atoms with van der Waals surface area (Å²) in [5, 5.41) is 3.24. The number of nitrogens with zero attached hydrogens (tertiary/aromatic N) is 2. The SMILES string of the molecule is Cn1ccnc1[C@@H](NC(=O)c1cc2c(F)cccc2[nH]1)c1ccc(F)cc1. The second-order valence-electron chi connectivity index (χ2n) is 6.24. The van der Waals surface area contributed by atoms with E-state index in [1.54, 1.807) is 41.2 Å². The summed E-state index contributed by atoms with van der Waals surface area (Å²) in [6.45, 7) is 0. The summed E-state index contributed by atoms with van der Waals surface area (Å²) in [5.41, 5.74) is 1.45. The van der Waals surface area contributed by atoms with Crippen LogP contribution in [0.5, 0.6) is 0 Å². The molecule has 0 saturated carbocycles. The number of H-pyrrole nitrogens is 1. The molecule has 0 bridgehead atoms. The van der Waals surface area contributed by atoms with Gasteiger partial charge in [0.05, 0.1) is 0 Å². The van der Waals surface area contributed by atoms with E-state index in [4.69, 9.17) is 0 Å². The molecule has 5 nitrogen and oxygen atoms in total. The minimum atomic E-state index is -0.589. The van der Waals surface area contributed by atoms with Crippen LogP contribution in [0.25, 0.3) is 10.9 Å². The molecule has 0 spiro atoms. The number of benzene rings is 2. The molecule has 27 heavy (non-hydrogen) atoms. The van der Waals surface area contributed by atoms with Crippen LogP contribution < -0.4 is 5.32 Å². The third-order valence-electron chi connectivity index (χ3n) is 4.45. The number of hydrogen-bond acceptors (Lipinski definition) is 2. The van der Waals surface area contributed by atoms with Gasteiger partial charge in [0.1, 0.15) is 29.2 Å². The number of nitrogens with one attached hydrogen (secondary N) is 2. The van der Waals surface area contributed by atoms with Crippen LogP contribution in [-0.2, 0) is 7.05 Å². The van der Waals surface area contributed by atoms with Crippen molar-refractivity contribution in [3.8, 4) is 0 Å². The third-order valence-corrected chi connectivity index (χ3v) is 4.45. The quantitative estimate of drug-likeness (QED) is 0.579. The van der Waals surface area contributed by atoms with E-state index in [2.05, 4.69) is 15.3 Å². The number of carbonyl (C=O) groups excluding carboxylic acids is 1. The highest BCUT2D eigenvalue weighted by atomic mass is 19.1. The lowest BCUT2D eigenvalue weighted by molar-refractivity contribution is 0.0937. The number of aromatic nitrogens is 3. The Bertz CT molecular complexity index is 1110. The molecule has 2 N–H and O–H groups in total. The fourth-order valence-corrected chi connectivity index (χ4v) is 3.06. The Morgan fingerprint density at radius 2 is 1.96 bits per heavy atom. The van der Waals surface area contributed by atoms with Crippen LogP contribution in [0, 0.1) is 11.6 Å². The first kappa shape index (κ1) is 17.0. The number of rotatable bonds is 4. The van der Waals surface area contributed by atoms with Crippen molar-refractivity contribution in [1.29, 1.82) is 0 Å². The molecule has 136 valence electrons. The highest BCUT2D eigenvalue weighted by molar-refractivity contribution is 5.98. The second-order valence-corrected chi connectivity index (χ2v) is 6.24. The number of hydrogen-bond donors (Lipinski definition) is 2. The predicted octanol–water partition coefficient (Wildman–Crippen LogP) is 3.70. The van der Waals surface area contributed by atoms with E-state index in [1.165, 1.54) is 24.3 Å². The fraction of sp³-hybridized carbons (Fsp3) is 0.100. The Kier molecular flexibility index (Phi) is 4.19. The van der Waals surface area contributed by atoms with E-state index >= 15 is 0 Å². The first-order chi connectivity index (χ1) is 13.0. The van der Waals surface area contributed by atoms with E-state index in [0.717, 1.165) is 0 Å². The van der Waals surface area contributed by atoms with E-state index in [-0.39, 0.29) is 11.5 Å². The summed E-state index contributed by atoms with van der Waals surface area (Å²) >= 11 is 0. The van der Waals surface area contributed by atoms with Crippen LogP contribution >= 0.6 is 0 Å². The van der Waals surface area contributed by atoms with Crippen molar-refractivity contribution in [1.82, 2.24) is 19.9 Å². The van der Waals surface area contributed by atoms with Crippen molar-refractivity contribution in [2.45, 2.75) is 6.04 Å². The van der Waals surface area contributed by atoms with Crippen molar-refractivity contribution >= 4 is 16.8 Å². The monoisotopic (exact) mass is 366 g/mol. The maximum absolute atomic E-state index is 13.9. The summed E-state index contributed by atoms with van der Waals surface area (Å²) in [5.74, 6) is -0.586. The highest BCUT2D eigenvalue weighted by Gasteiger charge is 2.22. The molecule has 7 heteroatoms. The molecule has 2 aromatic carbocycles. The minimum Gasteiger partial charge on any atom is -0.350 e. The first-order valence-electron chi connectivity index (χ1n) is 8.34. The zero-order valence-corrected chi connectivity index (χ0v) is 14.4. The molecule has 1 amide bonds. The van der Waals surface area contributed by atoms with Gasteiger partial charge >= 0.3 is 0 Å².